The zero-order valence-electron chi connectivity index (χ0n) is 19.9. The summed E-state index contributed by atoms with van der Waals surface area (Å²) in [5, 5.41) is 0. The summed E-state index contributed by atoms with van der Waals surface area (Å²) < 4.78 is 16.7. The monoisotopic (exact) mass is 448 g/mol. The van der Waals surface area contributed by atoms with Crippen LogP contribution in [-0.2, 0) is 28.6 Å². The number of hydrogen-bond donors (Lipinski definition) is 0. The van der Waals surface area contributed by atoms with Crippen molar-refractivity contribution in [3.05, 3.63) is 37.5 Å². The Labute approximate surface area is 193 Å². The van der Waals surface area contributed by atoms with Crippen LogP contribution >= 0.6 is 0 Å². The van der Waals surface area contributed by atoms with Crippen molar-refractivity contribution in [2.75, 3.05) is 0 Å². The van der Waals surface area contributed by atoms with Gasteiger partial charge in [-0.1, -0.05) is 31.9 Å². The first-order chi connectivity index (χ1) is 15.3. The second-order valence-electron chi connectivity index (χ2n) is 8.40. The quantitative estimate of drug-likeness (QED) is 0.127. The smallest absolute Gasteiger partial charge is 0.306 e. The molecule has 0 radical (unpaired) electrons. The minimum atomic E-state index is -0.450. The van der Waals surface area contributed by atoms with E-state index in [1.165, 1.54) is 13.8 Å². The largest absolute Gasteiger partial charge is 0.462 e. The number of ether oxygens (including phenoxy) is 3. The summed E-state index contributed by atoms with van der Waals surface area (Å²) in [7, 11) is 0. The van der Waals surface area contributed by atoms with Crippen molar-refractivity contribution in [2.24, 2.45) is 11.8 Å². The lowest BCUT2D eigenvalue weighted by Crippen LogP contribution is -2.25. The van der Waals surface area contributed by atoms with Crippen LogP contribution < -0.4 is 0 Å². The molecular formula is C26H40O6. The highest BCUT2D eigenvalue weighted by Crippen LogP contribution is 2.47. The van der Waals surface area contributed by atoms with Crippen LogP contribution in [0.3, 0.4) is 0 Å². The molecule has 5 atom stereocenters. The lowest BCUT2D eigenvalue weighted by Gasteiger charge is -2.20. The molecule has 1 fully saturated rings. The van der Waals surface area contributed by atoms with Gasteiger partial charge in [-0.25, -0.2) is 0 Å². The van der Waals surface area contributed by atoms with Gasteiger partial charge in [-0.2, -0.15) is 0 Å². The fourth-order valence-corrected chi connectivity index (χ4v) is 3.83. The van der Waals surface area contributed by atoms with Gasteiger partial charge in [0.1, 0.15) is 18.3 Å². The van der Waals surface area contributed by atoms with Crippen LogP contribution in [0.4, 0.5) is 0 Å². The van der Waals surface area contributed by atoms with Crippen molar-refractivity contribution in [2.45, 2.75) is 96.9 Å². The Morgan fingerprint density at radius 1 is 0.938 bits per heavy atom. The van der Waals surface area contributed by atoms with Crippen molar-refractivity contribution in [1.29, 1.82) is 0 Å². The van der Waals surface area contributed by atoms with Gasteiger partial charge in [0.25, 0.3) is 0 Å². The van der Waals surface area contributed by atoms with Crippen molar-refractivity contribution < 1.29 is 28.6 Å². The molecule has 0 unspecified atom stereocenters. The number of carbonyl (C=O) groups is 3. The van der Waals surface area contributed by atoms with Crippen LogP contribution in [0.2, 0.25) is 0 Å². The molecule has 0 aromatic heterocycles. The Kier molecular flexibility index (Phi) is 13.3. The minimum absolute atomic E-state index is 0.0506. The fraction of sp³-hybridized carbons (Fsp3) is 0.654. The van der Waals surface area contributed by atoms with Crippen molar-refractivity contribution in [3.63, 3.8) is 0 Å². The highest BCUT2D eigenvalue weighted by Gasteiger charge is 2.49. The standard InChI is InChI=1S/C26H40O6/c1-6-9-11-14-21(30-19(4)27)16-17-25(31-20(5)28)23-18-22(23)24(13-8-3)32-26(29)15-12-10-7-2/h7-8,16-17,21-25H,2-3,6,9-15,18H2,1,4-5H3/t21-,22-,23-,24+,25-/m1/s1. The molecule has 6 nitrogen and oxygen atoms in total. The summed E-state index contributed by atoms with van der Waals surface area (Å²) in [5.41, 5.74) is 0. The average molecular weight is 449 g/mol. The van der Waals surface area contributed by atoms with Gasteiger partial charge in [-0.15, -0.1) is 13.2 Å². The maximum absolute atomic E-state index is 12.2. The van der Waals surface area contributed by atoms with E-state index in [4.69, 9.17) is 14.2 Å². The summed E-state index contributed by atoms with van der Waals surface area (Å²) in [4.78, 5) is 35.4. The molecule has 180 valence electrons. The third-order valence-corrected chi connectivity index (χ3v) is 5.49. The van der Waals surface area contributed by atoms with Gasteiger partial charge in [0.05, 0.1) is 0 Å². The highest BCUT2D eigenvalue weighted by atomic mass is 16.6. The van der Waals surface area contributed by atoms with E-state index >= 15 is 0 Å². The first kappa shape index (κ1) is 27.7. The predicted molar refractivity (Wildman–Crippen MR) is 125 cm³/mol. The van der Waals surface area contributed by atoms with E-state index in [2.05, 4.69) is 20.1 Å². The Morgan fingerprint density at radius 3 is 2.25 bits per heavy atom. The van der Waals surface area contributed by atoms with Gasteiger partial charge in [0.2, 0.25) is 0 Å². The topological polar surface area (TPSA) is 78.9 Å². The predicted octanol–water partition coefficient (Wildman–Crippen LogP) is 5.47. The maximum atomic E-state index is 12.2. The van der Waals surface area contributed by atoms with E-state index in [1.54, 1.807) is 12.2 Å². The number of rotatable bonds is 17. The summed E-state index contributed by atoms with van der Waals surface area (Å²) in [6.45, 7) is 12.3. The lowest BCUT2D eigenvalue weighted by atomic mass is 10.0. The average Bonchev–Trinajstić information content (AvgIpc) is 3.51. The maximum Gasteiger partial charge on any atom is 0.306 e. The minimum Gasteiger partial charge on any atom is -0.462 e. The van der Waals surface area contributed by atoms with Crippen LogP contribution in [0.5, 0.6) is 0 Å². The number of allylic oxidation sites excluding steroid dienone is 1. The number of esters is 3. The second kappa shape index (κ2) is 15.4. The molecule has 1 saturated carbocycles. The second-order valence-corrected chi connectivity index (χ2v) is 8.40. The lowest BCUT2D eigenvalue weighted by molar-refractivity contribution is -0.152. The number of unbranched alkanes of at least 4 members (excludes halogenated alkanes) is 3. The zero-order chi connectivity index (χ0) is 23.9. The van der Waals surface area contributed by atoms with Gasteiger partial charge < -0.3 is 14.2 Å². The molecule has 1 aliphatic rings. The molecule has 0 aromatic rings. The molecule has 32 heavy (non-hydrogen) atoms. The highest BCUT2D eigenvalue weighted by molar-refractivity contribution is 5.69. The Balaban J connectivity index is 2.80. The summed E-state index contributed by atoms with van der Waals surface area (Å²) in [6, 6.07) is 0. The van der Waals surface area contributed by atoms with Crippen molar-refractivity contribution in [1.82, 2.24) is 0 Å². The first-order valence-electron chi connectivity index (χ1n) is 11.8. The molecule has 0 aliphatic heterocycles. The third-order valence-electron chi connectivity index (χ3n) is 5.49. The van der Waals surface area contributed by atoms with E-state index in [-0.39, 0.29) is 42.0 Å². The van der Waals surface area contributed by atoms with Crippen LogP contribution in [0.15, 0.2) is 37.5 Å². The first-order valence-corrected chi connectivity index (χ1v) is 11.8. The van der Waals surface area contributed by atoms with Gasteiger partial charge >= 0.3 is 17.9 Å². The van der Waals surface area contributed by atoms with E-state index in [0.29, 0.717) is 19.3 Å². The van der Waals surface area contributed by atoms with Crippen molar-refractivity contribution in [3.8, 4) is 0 Å². The van der Waals surface area contributed by atoms with E-state index in [0.717, 1.165) is 38.5 Å². The number of hydrogen-bond acceptors (Lipinski definition) is 6. The fourth-order valence-electron chi connectivity index (χ4n) is 3.83. The molecule has 0 amide bonds. The van der Waals surface area contributed by atoms with Crippen molar-refractivity contribution >= 4 is 17.9 Å². The molecular weight excluding hydrogens is 408 g/mol. The van der Waals surface area contributed by atoms with Crippen LogP contribution in [-0.4, -0.2) is 36.2 Å². The van der Waals surface area contributed by atoms with Gasteiger partial charge in [0.15, 0.2) is 0 Å². The van der Waals surface area contributed by atoms with Crippen LogP contribution in [0, 0.1) is 11.8 Å². The summed E-state index contributed by atoms with van der Waals surface area (Å²) >= 11 is 0. The van der Waals surface area contributed by atoms with E-state index < -0.39 is 6.10 Å². The Bertz CT molecular complexity index is 653. The Morgan fingerprint density at radius 2 is 1.66 bits per heavy atom. The van der Waals surface area contributed by atoms with Gasteiger partial charge in [-0.3, -0.25) is 14.4 Å². The molecule has 0 bridgehead atoms. The van der Waals surface area contributed by atoms with Gasteiger partial charge in [0, 0.05) is 38.5 Å². The summed E-state index contributed by atoms with van der Waals surface area (Å²) in [5.74, 6) is -0.789. The molecule has 6 heteroatoms. The zero-order valence-corrected chi connectivity index (χ0v) is 19.9. The molecule has 0 spiro atoms. The number of carbonyl (C=O) groups excluding carboxylic acids is 3. The van der Waals surface area contributed by atoms with E-state index in [1.807, 2.05) is 12.2 Å². The van der Waals surface area contributed by atoms with E-state index in [9.17, 15) is 14.4 Å². The molecule has 1 rings (SSSR count). The van der Waals surface area contributed by atoms with Crippen LogP contribution in [0.1, 0.15) is 78.6 Å². The normalized spacial score (nSPS) is 20.1. The molecule has 0 aromatic carbocycles. The third kappa shape index (κ3) is 11.3. The van der Waals surface area contributed by atoms with Crippen LogP contribution in [0.25, 0.3) is 0 Å². The molecule has 0 saturated heterocycles. The summed E-state index contributed by atoms with van der Waals surface area (Å²) in [6.07, 6.45) is 13.1. The van der Waals surface area contributed by atoms with Gasteiger partial charge in [-0.05, 0) is 44.3 Å². The molecule has 1 aliphatic carbocycles. The molecule has 0 heterocycles. The molecule has 0 N–H and O–H groups in total. The Hall–Kier alpha value is -2.37. The SMILES string of the molecule is C=CCCCC(=O)O[C@@H](CC=C)[C@@H]1C[C@H]1[C@@H](C=C[C@@H](CCCCC)OC(C)=O)OC(C)=O.